The van der Waals surface area contributed by atoms with Crippen molar-refractivity contribution in [3.05, 3.63) is 108 Å². The first kappa shape index (κ1) is 27.5. The maximum Gasteiger partial charge on any atom is 0.328 e. The van der Waals surface area contributed by atoms with Crippen LogP contribution in [0.25, 0.3) is 0 Å². The monoisotopic (exact) mass is 503 g/mol. The summed E-state index contributed by atoms with van der Waals surface area (Å²) < 4.78 is 17.4. The molecule has 0 spiro atoms. The molecular formula is C30H33NO6. The van der Waals surface area contributed by atoms with Gasteiger partial charge in [0, 0.05) is 13.5 Å². The normalized spacial score (nSPS) is 11.9. The molecule has 0 fully saturated rings. The number of methoxy groups -OCH3 is 2. The van der Waals surface area contributed by atoms with E-state index in [0.717, 1.165) is 16.7 Å². The van der Waals surface area contributed by atoms with Crippen molar-refractivity contribution in [2.75, 3.05) is 27.9 Å². The highest BCUT2D eigenvalue weighted by Crippen LogP contribution is 2.41. The molecule has 3 aromatic carbocycles. The van der Waals surface area contributed by atoms with Crippen LogP contribution < -0.4 is 9.47 Å². The van der Waals surface area contributed by atoms with E-state index >= 15 is 0 Å². The molecule has 0 radical (unpaired) electrons. The van der Waals surface area contributed by atoms with E-state index in [1.165, 1.54) is 11.9 Å². The number of rotatable bonds is 13. The van der Waals surface area contributed by atoms with Crippen molar-refractivity contribution in [2.24, 2.45) is 0 Å². The zero-order valence-electron chi connectivity index (χ0n) is 21.4. The molecule has 1 amide bonds. The Morgan fingerprint density at radius 3 is 1.81 bits per heavy atom. The summed E-state index contributed by atoms with van der Waals surface area (Å²) in [5.74, 6) is -0.0937. The minimum atomic E-state index is -1.20. The molecule has 37 heavy (non-hydrogen) atoms. The minimum Gasteiger partial charge on any atom is -0.497 e. The Morgan fingerprint density at radius 2 is 1.38 bits per heavy atom. The van der Waals surface area contributed by atoms with E-state index in [-0.39, 0.29) is 18.9 Å². The van der Waals surface area contributed by atoms with Crippen molar-refractivity contribution >= 4 is 11.9 Å². The number of allylic oxidation sites excluding steroid dienone is 1. The molecule has 0 aliphatic carbocycles. The van der Waals surface area contributed by atoms with E-state index in [4.69, 9.17) is 14.2 Å². The summed E-state index contributed by atoms with van der Waals surface area (Å²) >= 11 is 0. The van der Waals surface area contributed by atoms with Crippen LogP contribution in [-0.4, -0.2) is 55.8 Å². The molecule has 7 heteroatoms. The highest BCUT2D eigenvalue weighted by atomic mass is 16.5. The topological polar surface area (TPSA) is 85.3 Å². The zero-order valence-corrected chi connectivity index (χ0v) is 21.4. The number of likely N-dealkylation sites (N-methyl/N-ethyl adjacent to an activating group) is 1. The quantitative estimate of drug-likeness (QED) is 0.264. The van der Waals surface area contributed by atoms with Crippen LogP contribution in [0, 0.1) is 0 Å². The summed E-state index contributed by atoms with van der Waals surface area (Å²) in [6.45, 7) is 3.38. The van der Waals surface area contributed by atoms with Crippen molar-refractivity contribution in [3.63, 3.8) is 0 Å². The number of nitrogens with zero attached hydrogens (tertiary/aromatic N) is 1. The fraction of sp³-hybridized carbons (Fsp3) is 0.267. The number of ether oxygens (including phenoxy) is 3. The van der Waals surface area contributed by atoms with Crippen molar-refractivity contribution in [3.8, 4) is 11.5 Å². The van der Waals surface area contributed by atoms with Gasteiger partial charge in [0.05, 0.1) is 20.8 Å². The molecule has 0 bridgehead atoms. The SMILES string of the molecule is C=CCCC(=O)N(C)C(COC(c1ccccc1)(c1ccc(OC)cc1)c1ccc(OC)cc1)C(=O)O. The van der Waals surface area contributed by atoms with E-state index in [1.54, 1.807) is 20.3 Å². The predicted molar refractivity (Wildman–Crippen MR) is 142 cm³/mol. The lowest BCUT2D eigenvalue weighted by molar-refractivity contribution is -0.153. The second-order valence-corrected chi connectivity index (χ2v) is 8.50. The van der Waals surface area contributed by atoms with E-state index in [9.17, 15) is 14.7 Å². The fourth-order valence-corrected chi connectivity index (χ4v) is 4.20. The standard InChI is InChI=1S/C30H33NO6/c1-5-6-12-28(32)31(2)27(29(33)34)21-37-30(22-10-8-7-9-11-22,23-13-17-25(35-3)18-14-23)24-15-19-26(36-4)20-16-24/h5,7-11,13-20,27H,1,6,12,21H2,2-4H3,(H,33,34). The summed E-state index contributed by atoms with van der Waals surface area (Å²) in [6, 6.07) is 23.3. The number of aliphatic carboxylic acids is 1. The summed E-state index contributed by atoms with van der Waals surface area (Å²) in [5, 5.41) is 10.0. The van der Waals surface area contributed by atoms with E-state index < -0.39 is 17.6 Å². The van der Waals surface area contributed by atoms with Crippen LogP contribution in [0.2, 0.25) is 0 Å². The van der Waals surface area contributed by atoms with Gasteiger partial charge in [-0.25, -0.2) is 4.79 Å². The summed E-state index contributed by atoms with van der Waals surface area (Å²) in [5.41, 5.74) is 1.16. The van der Waals surface area contributed by atoms with Gasteiger partial charge in [-0.2, -0.15) is 0 Å². The molecule has 1 atom stereocenters. The number of hydrogen-bond acceptors (Lipinski definition) is 5. The molecule has 194 valence electrons. The maximum atomic E-state index is 12.7. The Hall–Kier alpha value is -4.10. The Labute approximate surface area is 217 Å². The van der Waals surface area contributed by atoms with Crippen LogP contribution in [0.1, 0.15) is 29.5 Å². The molecule has 1 unspecified atom stereocenters. The van der Waals surface area contributed by atoms with Crippen molar-refractivity contribution in [1.29, 1.82) is 0 Å². The first-order valence-corrected chi connectivity index (χ1v) is 11.9. The lowest BCUT2D eigenvalue weighted by Gasteiger charge is -2.38. The smallest absolute Gasteiger partial charge is 0.328 e. The molecule has 0 aromatic heterocycles. The Kier molecular flexibility index (Phi) is 9.46. The molecule has 3 rings (SSSR count). The largest absolute Gasteiger partial charge is 0.497 e. The third-order valence-electron chi connectivity index (χ3n) is 6.34. The van der Waals surface area contributed by atoms with Crippen molar-refractivity contribution < 1.29 is 28.9 Å². The van der Waals surface area contributed by atoms with Crippen LogP contribution in [0.3, 0.4) is 0 Å². The molecule has 0 aliphatic rings. The second-order valence-electron chi connectivity index (χ2n) is 8.50. The van der Waals surface area contributed by atoms with Crippen LogP contribution >= 0.6 is 0 Å². The van der Waals surface area contributed by atoms with Crippen molar-refractivity contribution in [2.45, 2.75) is 24.5 Å². The number of benzene rings is 3. The molecule has 0 saturated heterocycles. The van der Waals surface area contributed by atoms with Crippen LogP contribution in [0.15, 0.2) is 91.5 Å². The van der Waals surface area contributed by atoms with Crippen LogP contribution in [-0.2, 0) is 19.9 Å². The molecule has 7 nitrogen and oxygen atoms in total. The Morgan fingerprint density at radius 1 is 0.892 bits per heavy atom. The summed E-state index contributed by atoms with van der Waals surface area (Å²) in [4.78, 5) is 26.2. The lowest BCUT2D eigenvalue weighted by atomic mass is 9.80. The van der Waals surface area contributed by atoms with Gasteiger partial charge < -0.3 is 24.2 Å². The van der Waals surface area contributed by atoms with Gasteiger partial charge in [0.1, 0.15) is 17.1 Å². The molecular weight excluding hydrogens is 470 g/mol. The number of hydrogen-bond donors (Lipinski definition) is 1. The third kappa shape index (κ3) is 6.19. The lowest BCUT2D eigenvalue weighted by Crippen LogP contribution is -2.47. The summed E-state index contributed by atoms with van der Waals surface area (Å²) in [6.07, 6.45) is 2.26. The molecule has 3 aromatic rings. The highest BCUT2D eigenvalue weighted by Gasteiger charge is 2.40. The minimum absolute atomic E-state index is 0.171. The number of carboxylic acids is 1. The van der Waals surface area contributed by atoms with Gasteiger partial charge in [0.15, 0.2) is 6.04 Å². The van der Waals surface area contributed by atoms with Gasteiger partial charge in [-0.05, 0) is 47.4 Å². The van der Waals surface area contributed by atoms with Crippen LogP contribution in [0.5, 0.6) is 11.5 Å². The van der Waals surface area contributed by atoms with Gasteiger partial charge in [0.25, 0.3) is 0 Å². The van der Waals surface area contributed by atoms with Gasteiger partial charge in [0.2, 0.25) is 5.91 Å². The van der Waals surface area contributed by atoms with Gasteiger partial charge in [-0.15, -0.1) is 6.58 Å². The molecule has 1 N–H and O–H groups in total. The number of amides is 1. The Balaban J connectivity index is 2.14. The predicted octanol–water partition coefficient (Wildman–Crippen LogP) is 4.89. The fourth-order valence-electron chi connectivity index (χ4n) is 4.20. The second kappa shape index (κ2) is 12.7. The number of carbonyl (C=O) groups is 2. The number of carboxylic acid groups (broad SMARTS) is 1. The van der Waals surface area contributed by atoms with E-state index in [2.05, 4.69) is 6.58 Å². The first-order valence-electron chi connectivity index (χ1n) is 11.9. The van der Waals surface area contributed by atoms with Gasteiger partial charge in [-0.1, -0.05) is 60.7 Å². The molecule has 0 saturated carbocycles. The first-order chi connectivity index (χ1) is 17.9. The van der Waals surface area contributed by atoms with E-state index in [1.807, 2.05) is 78.9 Å². The summed E-state index contributed by atoms with van der Waals surface area (Å²) in [7, 11) is 4.67. The average Bonchev–Trinajstić information content (AvgIpc) is 2.94. The molecule has 0 heterocycles. The number of carbonyl (C=O) groups excluding carboxylic acids is 1. The maximum absolute atomic E-state index is 12.7. The van der Waals surface area contributed by atoms with Gasteiger partial charge >= 0.3 is 5.97 Å². The molecule has 0 aliphatic heterocycles. The highest BCUT2D eigenvalue weighted by molar-refractivity contribution is 5.83. The average molecular weight is 504 g/mol. The third-order valence-corrected chi connectivity index (χ3v) is 6.34. The van der Waals surface area contributed by atoms with Crippen LogP contribution in [0.4, 0.5) is 0 Å². The van der Waals surface area contributed by atoms with E-state index in [0.29, 0.717) is 17.9 Å². The Bertz CT molecular complexity index is 1130. The van der Waals surface area contributed by atoms with Gasteiger partial charge in [-0.3, -0.25) is 4.79 Å². The van der Waals surface area contributed by atoms with Crippen molar-refractivity contribution in [1.82, 2.24) is 4.90 Å². The zero-order chi connectivity index (χ0) is 26.8.